The predicted octanol–water partition coefficient (Wildman–Crippen LogP) is 7.91. The molecule has 2 aliphatic rings. The normalized spacial score (nSPS) is 26.6. The lowest BCUT2D eigenvalue weighted by Crippen LogP contribution is -2.39. The van der Waals surface area contributed by atoms with Crippen LogP contribution in [0.5, 0.6) is 0 Å². The molecule has 0 aromatic heterocycles. The number of aryl methyl sites for hydroxylation is 2. The zero-order valence-corrected chi connectivity index (χ0v) is 19.9. The Hall–Kier alpha value is -2.15. The fraction of sp³-hybridized carbons (Fsp3) is 0.483. The molecule has 3 atom stereocenters. The van der Waals surface area contributed by atoms with Crippen molar-refractivity contribution < 1.29 is 0 Å². The van der Waals surface area contributed by atoms with Gasteiger partial charge in [0.15, 0.2) is 0 Å². The smallest absolute Gasteiger partial charge is 0.0436 e. The molecule has 1 nitrogen and oxygen atoms in total. The van der Waals surface area contributed by atoms with Crippen LogP contribution >= 0.6 is 0 Å². The SMILES string of the molecule is C=C1C2=CC=CCC2C(CC(C)(C)CN=CC)CC1(C)C(=C)c1ccc(C)c(C)c1. The van der Waals surface area contributed by atoms with Gasteiger partial charge in [0.05, 0.1) is 0 Å². The van der Waals surface area contributed by atoms with E-state index >= 15 is 0 Å². The first-order valence-corrected chi connectivity index (χ1v) is 11.4. The highest BCUT2D eigenvalue weighted by molar-refractivity contribution is 5.74. The summed E-state index contributed by atoms with van der Waals surface area (Å²) >= 11 is 0. The maximum absolute atomic E-state index is 4.63. The molecule has 1 heteroatoms. The van der Waals surface area contributed by atoms with Crippen molar-refractivity contribution >= 4 is 11.8 Å². The summed E-state index contributed by atoms with van der Waals surface area (Å²) in [6.07, 6.45) is 12.2. The predicted molar refractivity (Wildman–Crippen MR) is 133 cm³/mol. The highest BCUT2D eigenvalue weighted by atomic mass is 14.7. The summed E-state index contributed by atoms with van der Waals surface area (Å²) in [4.78, 5) is 4.58. The van der Waals surface area contributed by atoms with E-state index in [2.05, 4.69) is 89.2 Å². The Balaban J connectivity index is 1.98. The topological polar surface area (TPSA) is 12.4 Å². The van der Waals surface area contributed by atoms with Crippen molar-refractivity contribution in [2.45, 2.75) is 60.8 Å². The number of benzene rings is 1. The third kappa shape index (κ3) is 4.31. The number of hydrogen-bond donors (Lipinski definition) is 0. The molecule has 3 unspecified atom stereocenters. The summed E-state index contributed by atoms with van der Waals surface area (Å²) in [6, 6.07) is 6.76. The summed E-state index contributed by atoms with van der Waals surface area (Å²) < 4.78 is 0. The summed E-state index contributed by atoms with van der Waals surface area (Å²) in [6.45, 7) is 23.6. The number of hydrogen-bond acceptors (Lipinski definition) is 1. The molecule has 1 fully saturated rings. The van der Waals surface area contributed by atoms with Crippen LogP contribution in [0.3, 0.4) is 0 Å². The summed E-state index contributed by atoms with van der Waals surface area (Å²) in [5.74, 6) is 1.16. The number of rotatable bonds is 6. The number of allylic oxidation sites excluding steroid dienone is 6. The molecule has 0 saturated heterocycles. The van der Waals surface area contributed by atoms with Gasteiger partial charge in [-0.25, -0.2) is 0 Å². The van der Waals surface area contributed by atoms with Gasteiger partial charge in [-0.2, -0.15) is 0 Å². The third-order valence-electron chi connectivity index (χ3n) is 7.49. The maximum Gasteiger partial charge on any atom is 0.0436 e. The van der Waals surface area contributed by atoms with Gasteiger partial charge in [0.2, 0.25) is 0 Å². The van der Waals surface area contributed by atoms with E-state index in [9.17, 15) is 0 Å². The fourth-order valence-electron chi connectivity index (χ4n) is 5.41. The lowest BCUT2D eigenvalue weighted by Gasteiger charge is -2.49. The van der Waals surface area contributed by atoms with E-state index in [4.69, 9.17) is 0 Å². The van der Waals surface area contributed by atoms with Crippen LogP contribution in [-0.2, 0) is 0 Å². The first-order valence-electron chi connectivity index (χ1n) is 11.4. The van der Waals surface area contributed by atoms with E-state index in [-0.39, 0.29) is 10.8 Å². The van der Waals surface area contributed by atoms with Gasteiger partial charge in [-0.3, -0.25) is 4.99 Å². The Morgan fingerprint density at radius 2 is 2.00 bits per heavy atom. The molecule has 0 spiro atoms. The molecule has 0 bridgehead atoms. The Bertz CT molecular complexity index is 924. The van der Waals surface area contributed by atoms with E-state index < -0.39 is 0 Å². The van der Waals surface area contributed by atoms with Crippen LogP contribution in [-0.4, -0.2) is 12.8 Å². The quantitative estimate of drug-likeness (QED) is 0.429. The summed E-state index contributed by atoms with van der Waals surface area (Å²) in [7, 11) is 0. The van der Waals surface area contributed by atoms with Crippen molar-refractivity contribution in [2.24, 2.45) is 27.7 Å². The van der Waals surface area contributed by atoms with Crippen LogP contribution < -0.4 is 0 Å². The van der Waals surface area contributed by atoms with Gasteiger partial charge in [0.25, 0.3) is 0 Å². The van der Waals surface area contributed by atoms with E-state index in [0.717, 1.165) is 19.4 Å². The van der Waals surface area contributed by atoms with Crippen LogP contribution in [0.4, 0.5) is 0 Å². The average molecular weight is 402 g/mol. The van der Waals surface area contributed by atoms with Crippen molar-refractivity contribution in [1.29, 1.82) is 0 Å². The molecule has 3 rings (SSSR count). The largest absolute Gasteiger partial charge is 0.297 e. The Labute approximate surface area is 184 Å². The second-order valence-electron chi connectivity index (χ2n) is 10.4. The Morgan fingerprint density at radius 3 is 2.67 bits per heavy atom. The van der Waals surface area contributed by atoms with Gasteiger partial charge in [-0.05, 0) is 96.9 Å². The van der Waals surface area contributed by atoms with E-state index in [1.54, 1.807) is 0 Å². The van der Waals surface area contributed by atoms with Gasteiger partial charge in [0, 0.05) is 12.0 Å². The van der Waals surface area contributed by atoms with Gasteiger partial charge in [-0.15, -0.1) is 0 Å². The van der Waals surface area contributed by atoms with Gasteiger partial charge in [0.1, 0.15) is 0 Å². The van der Waals surface area contributed by atoms with E-state index in [0.29, 0.717) is 11.8 Å². The third-order valence-corrected chi connectivity index (χ3v) is 7.49. The van der Waals surface area contributed by atoms with Crippen molar-refractivity contribution in [1.82, 2.24) is 0 Å². The monoisotopic (exact) mass is 401 g/mol. The molecule has 30 heavy (non-hydrogen) atoms. The van der Waals surface area contributed by atoms with Crippen molar-refractivity contribution in [3.8, 4) is 0 Å². The minimum absolute atomic E-state index is 0.121. The Kier molecular flexibility index (Phi) is 6.41. The minimum Gasteiger partial charge on any atom is -0.297 e. The lowest BCUT2D eigenvalue weighted by molar-refractivity contribution is 0.172. The van der Waals surface area contributed by atoms with Crippen LogP contribution in [0.1, 0.15) is 63.6 Å². The van der Waals surface area contributed by atoms with Crippen molar-refractivity contribution in [3.05, 3.63) is 77.4 Å². The molecule has 160 valence electrons. The second-order valence-corrected chi connectivity index (χ2v) is 10.4. The first-order chi connectivity index (χ1) is 14.1. The standard InChI is InChI=1S/C29H39N/c1-9-30-19-28(6,7)17-25-18-29(8,23(5)26-12-10-11-13-27(25)26)22(4)24-15-14-20(2)21(3)16-24/h9-12,14-16,25,27H,4-5,13,17-19H2,1-3,6-8H3. The molecule has 0 radical (unpaired) electrons. The van der Waals surface area contributed by atoms with Gasteiger partial charge >= 0.3 is 0 Å². The zero-order chi connectivity index (χ0) is 22.1. The van der Waals surface area contributed by atoms with E-state index in [1.165, 1.54) is 39.8 Å². The maximum atomic E-state index is 4.63. The minimum atomic E-state index is -0.121. The van der Waals surface area contributed by atoms with Crippen molar-refractivity contribution in [3.63, 3.8) is 0 Å². The average Bonchev–Trinajstić information content (AvgIpc) is 2.71. The highest BCUT2D eigenvalue weighted by Gasteiger charge is 2.46. The molecule has 0 N–H and O–H groups in total. The molecule has 0 amide bonds. The van der Waals surface area contributed by atoms with E-state index in [1.807, 2.05) is 13.1 Å². The lowest BCUT2D eigenvalue weighted by atomic mass is 9.55. The van der Waals surface area contributed by atoms with Crippen LogP contribution in [0.15, 0.2) is 65.7 Å². The molecule has 1 saturated carbocycles. The fourth-order valence-corrected chi connectivity index (χ4v) is 5.41. The second kappa shape index (κ2) is 8.53. The van der Waals surface area contributed by atoms with Gasteiger partial charge in [-0.1, -0.05) is 70.4 Å². The molecule has 1 aromatic rings. The van der Waals surface area contributed by atoms with Crippen LogP contribution in [0, 0.1) is 36.5 Å². The highest BCUT2D eigenvalue weighted by Crippen LogP contribution is 2.57. The van der Waals surface area contributed by atoms with Crippen molar-refractivity contribution in [2.75, 3.05) is 6.54 Å². The summed E-state index contributed by atoms with van der Waals surface area (Å²) in [5.41, 5.74) is 7.88. The Morgan fingerprint density at radius 1 is 1.27 bits per heavy atom. The van der Waals surface area contributed by atoms with Crippen LogP contribution in [0.2, 0.25) is 0 Å². The molecule has 0 aliphatic heterocycles. The van der Waals surface area contributed by atoms with Gasteiger partial charge < -0.3 is 0 Å². The molecular weight excluding hydrogens is 362 g/mol. The molecular formula is C29H39N. The number of nitrogens with zero attached hydrogens (tertiary/aromatic N) is 1. The molecule has 0 heterocycles. The molecule has 2 aliphatic carbocycles. The summed E-state index contributed by atoms with van der Waals surface area (Å²) in [5, 5.41) is 0. The first kappa shape index (κ1) is 22.5. The zero-order valence-electron chi connectivity index (χ0n) is 19.9. The number of aliphatic imine (C=N–C) groups is 1. The number of fused-ring (bicyclic) bond motifs is 1. The molecule has 1 aromatic carbocycles. The van der Waals surface area contributed by atoms with Crippen LogP contribution in [0.25, 0.3) is 5.57 Å².